The van der Waals surface area contributed by atoms with E-state index in [1.165, 1.54) is 89.9 Å². The molecule has 206 valence electrons. The molecule has 4 heteroatoms. The zero-order valence-corrected chi connectivity index (χ0v) is 23.7. The van der Waals surface area contributed by atoms with E-state index >= 15 is 0 Å². The van der Waals surface area contributed by atoms with Crippen molar-refractivity contribution in [1.82, 2.24) is 0 Å². The summed E-state index contributed by atoms with van der Waals surface area (Å²) in [7, 11) is 0. The zero-order valence-electron chi connectivity index (χ0n) is 23.7. The van der Waals surface area contributed by atoms with E-state index in [0.717, 1.165) is 32.1 Å². The second-order valence-electron chi connectivity index (χ2n) is 10.2. The zero-order chi connectivity index (χ0) is 26.3. The minimum Gasteiger partial charge on any atom is -0.462 e. The lowest BCUT2D eigenvalue weighted by atomic mass is 10.0. The van der Waals surface area contributed by atoms with Gasteiger partial charge >= 0.3 is 11.9 Å². The van der Waals surface area contributed by atoms with Crippen molar-refractivity contribution >= 4 is 11.9 Å². The number of ether oxygens (including phenoxy) is 2. The van der Waals surface area contributed by atoms with Gasteiger partial charge in [0, 0.05) is 0 Å². The summed E-state index contributed by atoms with van der Waals surface area (Å²) >= 11 is 0. The molecule has 0 saturated heterocycles. The van der Waals surface area contributed by atoms with E-state index < -0.39 is 0 Å². The number of unbranched alkanes of at least 4 members (excludes halogenated alkanes) is 15. The molecule has 1 rings (SSSR count). The summed E-state index contributed by atoms with van der Waals surface area (Å²) in [5.41, 5.74) is 0.947. The number of benzene rings is 1. The van der Waals surface area contributed by atoms with Gasteiger partial charge in [-0.1, -0.05) is 124 Å². The number of hydrogen-bond donors (Lipinski definition) is 0. The third-order valence-corrected chi connectivity index (χ3v) is 6.93. The molecule has 0 amide bonds. The van der Waals surface area contributed by atoms with Crippen molar-refractivity contribution in [3.8, 4) is 0 Å². The Kier molecular flexibility index (Phi) is 20.0. The molecule has 0 spiro atoms. The maximum absolute atomic E-state index is 12.3. The van der Waals surface area contributed by atoms with Gasteiger partial charge in [-0.05, 0) is 43.5 Å². The number of rotatable bonds is 23. The van der Waals surface area contributed by atoms with Gasteiger partial charge in [0.15, 0.2) is 0 Å². The van der Waals surface area contributed by atoms with E-state index in [0.29, 0.717) is 17.7 Å². The lowest BCUT2D eigenvalue weighted by Gasteiger charge is -2.15. The van der Waals surface area contributed by atoms with Crippen molar-refractivity contribution in [3.63, 3.8) is 0 Å². The van der Waals surface area contributed by atoms with Crippen molar-refractivity contribution in [2.75, 3.05) is 6.61 Å². The lowest BCUT2D eigenvalue weighted by molar-refractivity contribution is 0.0270. The van der Waals surface area contributed by atoms with Crippen LogP contribution in [0.15, 0.2) is 24.3 Å². The van der Waals surface area contributed by atoms with E-state index in [-0.39, 0.29) is 18.0 Å². The third kappa shape index (κ3) is 16.0. The first-order valence-corrected chi connectivity index (χ1v) is 15.1. The third-order valence-electron chi connectivity index (χ3n) is 6.93. The van der Waals surface area contributed by atoms with Crippen molar-refractivity contribution in [3.05, 3.63) is 35.4 Å². The largest absolute Gasteiger partial charge is 0.462 e. The van der Waals surface area contributed by atoms with E-state index in [4.69, 9.17) is 9.47 Å². The monoisotopic (exact) mass is 502 g/mol. The molecule has 4 nitrogen and oxygen atoms in total. The molecule has 1 aromatic rings. The van der Waals surface area contributed by atoms with Crippen LogP contribution in [-0.4, -0.2) is 24.6 Å². The first-order valence-electron chi connectivity index (χ1n) is 15.1. The number of carbonyl (C=O) groups excluding carboxylic acids is 2. The average Bonchev–Trinajstić information content (AvgIpc) is 2.90. The van der Waals surface area contributed by atoms with Crippen LogP contribution in [0.25, 0.3) is 0 Å². The molecule has 1 atom stereocenters. The average molecular weight is 503 g/mol. The summed E-state index contributed by atoms with van der Waals surface area (Å²) in [4.78, 5) is 24.5. The molecule has 0 radical (unpaired) electrons. The Morgan fingerprint density at radius 1 is 0.583 bits per heavy atom. The highest BCUT2D eigenvalue weighted by molar-refractivity contribution is 5.93. The van der Waals surface area contributed by atoms with Crippen LogP contribution in [0, 0.1) is 0 Å². The predicted octanol–water partition coefficient (Wildman–Crippen LogP) is 9.84. The second-order valence-corrected chi connectivity index (χ2v) is 10.2. The van der Waals surface area contributed by atoms with E-state index in [1.54, 1.807) is 24.3 Å². The smallest absolute Gasteiger partial charge is 0.338 e. The fourth-order valence-corrected chi connectivity index (χ4v) is 4.53. The molecule has 36 heavy (non-hydrogen) atoms. The van der Waals surface area contributed by atoms with Crippen molar-refractivity contribution in [1.29, 1.82) is 0 Å². The first kappa shape index (κ1) is 32.2. The van der Waals surface area contributed by atoms with Crippen LogP contribution in [0.4, 0.5) is 0 Å². The highest BCUT2D eigenvalue weighted by Crippen LogP contribution is 2.15. The highest BCUT2D eigenvalue weighted by atomic mass is 16.5. The molecule has 0 aliphatic heterocycles. The van der Waals surface area contributed by atoms with Crippen LogP contribution in [0.2, 0.25) is 0 Å². The summed E-state index contributed by atoms with van der Waals surface area (Å²) < 4.78 is 10.9. The van der Waals surface area contributed by atoms with Crippen molar-refractivity contribution in [2.24, 2.45) is 0 Å². The Balaban J connectivity index is 2.01. The molecule has 0 fully saturated rings. The SMILES string of the molecule is CCCCCCCCCCCCCCCCCCOC(=O)c1ccc(C(=O)OC(CC)CCC)cc1. The van der Waals surface area contributed by atoms with Crippen LogP contribution in [0.5, 0.6) is 0 Å². The minimum atomic E-state index is -0.330. The predicted molar refractivity (Wildman–Crippen MR) is 151 cm³/mol. The summed E-state index contributed by atoms with van der Waals surface area (Å²) in [6.45, 7) is 6.83. The maximum Gasteiger partial charge on any atom is 0.338 e. The second kappa shape index (κ2) is 22.4. The van der Waals surface area contributed by atoms with Crippen LogP contribution in [-0.2, 0) is 9.47 Å². The molecule has 1 aromatic carbocycles. The van der Waals surface area contributed by atoms with Gasteiger partial charge in [-0.3, -0.25) is 0 Å². The highest BCUT2D eigenvalue weighted by Gasteiger charge is 2.15. The maximum atomic E-state index is 12.3. The van der Waals surface area contributed by atoms with Gasteiger partial charge in [-0.25, -0.2) is 9.59 Å². The Bertz CT molecular complexity index is 667. The Labute approximate surface area is 221 Å². The Hall–Kier alpha value is -1.84. The molecule has 0 heterocycles. The Morgan fingerprint density at radius 3 is 1.42 bits per heavy atom. The molecule has 1 unspecified atom stereocenters. The normalized spacial score (nSPS) is 11.9. The fourth-order valence-electron chi connectivity index (χ4n) is 4.53. The molecule has 0 saturated carbocycles. The summed E-state index contributed by atoms with van der Waals surface area (Å²) in [6.07, 6.45) is 23.8. The number of esters is 2. The van der Waals surface area contributed by atoms with E-state index in [2.05, 4.69) is 13.8 Å². The summed E-state index contributed by atoms with van der Waals surface area (Å²) in [5, 5.41) is 0. The molecule has 0 N–H and O–H groups in total. The topological polar surface area (TPSA) is 52.6 Å². The van der Waals surface area contributed by atoms with Gasteiger partial charge in [-0.15, -0.1) is 0 Å². The van der Waals surface area contributed by atoms with Gasteiger partial charge < -0.3 is 9.47 Å². The first-order chi connectivity index (χ1) is 17.6. The van der Waals surface area contributed by atoms with Gasteiger partial charge in [-0.2, -0.15) is 0 Å². The van der Waals surface area contributed by atoms with Gasteiger partial charge in [0.1, 0.15) is 6.10 Å². The number of hydrogen-bond acceptors (Lipinski definition) is 4. The number of carbonyl (C=O) groups is 2. The minimum absolute atomic E-state index is 0.0492. The molecule has 0 aliphatic carbocycles. The van der Waals surface area contributed by atoms with Gasteiger partial charge in [0.05, 0.1) is 17.7 Å². The van der Waals surface area contributed by atoms with E-state index in [9.17, 15) is 9.59 Å². The molecular formula is C32H54O4. The standard InChI is InChI=1S/C32H54O4/c1-4-7-8-9-10-11-12-13-14-15-16-17-18-19-20-21-27-35-31(33)28-23-25-29(26-24-28)32(34)36-30(6-3)22-5-2/h23-26,30H,4-22,27H2,1-3H3. The summed E-state index contributed by atoms with van der Waals surface area (Å²) in [6, 6.07) is 6.58. The molecule has 0 bridgehead atoms. The van der Waals surface area contributed by atoms with Gasteiger partial charge in [0.2, 0.25) is 0 Å². The van der Waals surface area contributed by atoms with Crippen LogP contribution in [0.1, 0.15) is 163 Å². The molecule has 0 aromatic heterocycles. The quantitative estimate of drug-likeness (QED) is 0.110. The van der Waals surface area contributed by atoms with Crippen LogP contribution < -0.4 is 0 Å². The fraction of sp³-hybridized carbons (Fsp3) is 0.750. The van der Waals surface area contributed by atoms with Crippen LogP contribution >= 0.6 is 0 Å². The summed E-state index contributed by atoms with van der Waals surface area (Å²) in [5.74, 6) is -0.656. The molecular weight excluding hydrogens is 448 g/mol. The van der Waals surface area contributed by atoms with Crippen molar-refractivity contribution < 1.29 is 19.1 Å². The van der Waals surface area contributed by atoms with Crippen LogP contribution in [0.3, 0.4) is 0 Å². The van der Waals surface area contributed by atoms with Crippen molar-refractivity contribution in [2.45, 2.75) is 149 Å². The Morgan fingerprint density at radius 2 is 1.00 bits per heavy atom. The molecule has 0 aliphatic rings. The van der Waals surface area contributed by atoms with Gasteiger partial charge in [0.25, 0.3) is 0 Å². The lowest BCUT2D eigenvalue weighted by Crippen LogP contribution is -2.17. The van der Waals surface area contributed by atoms with E-state index in [1.807, 2.05) is 6.92 Å².